The van der Waals surface area contributed by atoms with Crippen LogP contribution in [0.15, 0.2) is 48.6 Å². The molecule has 1 aliphatic heterocycles. The van der Waals surface area contributed by atoms with Gasteiger partial charge in [-0.25, -0.2) is 0 Å². The number of rotatable bonds is 31. The van der Waals surface area contributed by atoms with Crippen molar-refractivity contribution in [1.29, 1.82) is 0 Å². The Labute approximate surface area is 297 Å². The van der Waals surface area contributed by atoms with E-state index in [1.54, 1.807) is 0 Å². The van der Waals surface area contributed by atoms with E-state index >= 15 is 0 Å². The second kappa shape index (κ2) is 32.1. The first-order valence-corrected chi connectivity index (χ1v) is 19.2. The molecule has 0 radical (unpaired) electrons. The molecule has 1 rings (SSSR count). The van der Waals surface area contributed by atoms with Gasteiger partial charge in [0, 0.05) is 13.0 Å². The number of allylic oxidation sites excluding steroid dienone is 8. The summed E-state index contributed by atoms with van der Waals surface area (Å²) in [4.78, 5) is 12.5. The Kier molecular flexibility index (Phi) is 29.6. The van der Waals surface area contributed by atoms with Crippen LogP contribution in [0.3, 0.4) is 0 Å². The summed E-state index contributed by atoms with van der Waals surface area (Å²) >= 11 is 0. The fourth-order valence-corrected chi connectivity index (χ4v) is 5.48. The van der Waals surface area contributed by atoms with Crippen molar-refractivity contribution < 1.29 is 44.2 Å². The average Bonchev–Trinajstić information content (AvgIpc) is 3.10. The third-order valence-corrected chi connectivity index (χ3v) is 8.51. The summed E-state index contributed by atoms with van der Waals surface area (Å²) in [6.07, 6.45) is 30.2. The van der Waals surface area contributed by atoms with Gasteiger partial charge in [0.2, 0.25) is 0 Å². The second-order valence-electron chi connectivity index (χ2n) is 13.0. The molecule has 0 aromatic heterocycles. The third-order valence-electron chi connectivity index (χ3n) is 8.51. The lowest BCUT2D eigenvalue weighted by Gasteiger charge is -2.39. The van der Waals surface area contributed by atoms with Crippen molar-refractivity contribution in [2.75, 3.05) is 26.4 Å². The van der Waals surface area contributed by atoms with E-state index in [1.807, 2.05) is 0 Å². The van der Waals surface area contributed by atoms with E-state index in [0.717, 1.165) is 70.6 Å². The first-order chi connectivity index (χ1) is 23.9. The van der Waals surface area contributed by atoms with Crippen LogP contribution < -0.4 is 0 Å². The molecule has 9 nitrogen and oxygen atoms in total. The number of aliphatic hydroxyl groups excluding tert-OH is 4. The molecule has 0 saturated carbocycles. The van der Waals surface area contributed by atoms with Gasteiger partial charge in [0.1, 0.15) is 30.5 Å². The van der Waals surface area contributed by atoms with Crippen LogP contribution in [-0.2, 0) is 23.7 Å². The number of carbonyl (C=O) groups excluding carboxylic acids is 1. The highest BCUT2D eigenvalue weighted by atomic mass is 16.7. The Morgan fingerprint density at radius 1 is 0.673 bits per heavy atom. The van der Waals surface area contributed by atoms with Crippen LogP contribution in [0.1, 0.15) is 136 Å². The smallest absolute Gasteiger partial charge is 0.306 e. The zero-order chi connectivity index (χ0) is 35.8. The van der Waals surface area contributed by atoms with Gasteiger partial charge in [0.15, 0.2) is 6.29 Å². The van der Waals surface area contributed by atoms with Crippen molar-refractivity contribution in [1.82, 2.24) is 0 Å². The van der Waals surface area contributed by atoms with Crippen molar-refractivity contribution in [2.24, 2.45) is 0 Å². The van der Waals surface area contributed by atoms with Crippen molar-refractivity contribution in [3.8, 4) is 0 Å². The van der Waals surface area contributed by atoms with Gasteiger partial charge in [-0.3, -0.25) is 4.79 Å². The first kappa shape index (κ1) is 45.2. The Balaban J connectivity index is 2.23. The molecule has 9 heteroatoms. The maximum absolute atomic E-state index is 12.5. The standard InChI is InChI=1S/C40H70O9/c1-3-5-7-9-11-12-13-14-15-16-17-18-19-20-21-22-23-24-26-28-30-46-32-34(48-36(42)29-27-25-10-8-6-4-2)33-47-40-39(45)38(44)37(43)35(31-41)49-40/h5,7,11-12,14-15,17-18,34-35,37-41,43-45H,3-4,6,8-10,13,16,19-33H2,1-2H3/b7-5-,12-11-,15-14-,18-17-. The highest BCUT2D eigenvalue weighted by molar-refractivity contribution is 5.69. The Hall–Kier alpha value is -1.85. The van der Waals surface area contributed by atoms with Crippen molar-refractivity contribution in [2.45, 2.75) is 173 Å². The van der Waals surface area contributed by atoms with Gasteiger partial charge in [0.05, 0.1) is 19.8 Å². The molecule has 0 aromatic carbocycles. The molecule has 6 atom stereocenters. The van der Waals surface area contributed by atoms with E-state index in [9.17, 15) is 25.2 Å². The molecule has 6 unspecified atom stereocenters. The van der Waals surface area contributed by atoms with Gasteiger partial charge in [-0.05, 0) is 51.4 Å². The van der Waals surface area contributed by atoms with Crippen LogP contribution >= 0.6 is 0 Å². The number of hydrogen-bond acceptors (Lipinski definition) is 9. The van der Waals surface area contributed by atoms with Crippen LogP contribution in [0.4, 0.5) is 0 Å². The molecule has 1 saturated heterocycles. The van der Waals surface area contributed by atoms with Crippen molar-refractivity contribution in [3.63, 3.8) is 0 Å². The van der Waals surface area contributed by atoms with Crippen LogP contribution in [0.2, 0.25) is 0 Å². The molecule has 1 fully saturated rings. The Bertz CT molecular complexity index is 885. The molecular formula is C40H70O9. The molecule has 1 heterocycles. The third kappa shape index (κ3) is 24.1. The predicted molar refractivity (Wildman–Crippen MR) is 196 cm³/mol. The fraction of sp³-hybridized carbons (Fsp3) is 0.775. The van der Waals surface area contributed by atoms with Crippen LogP contribution in [-0.4, -0.2) is 89.6 Å². The summed E-state index contributed by atoms with van der Waals surface area (Å²) in [7, 11) is 0. The molecule has 0 spiro atoms. The largest absolute Gasteiger partial charge is 0.457 e. The van der Waals surface area contributed by atoms with E-state index in [0.29, 0.717) is 13.0 Å². The van der Waals surface area contributed by atoms with Gasteiger partial charge in [-0.15, -0.1) is 0 Å². The number of aliphatic hydroxyl groups is 4. The molecule has 0 amide bonds. The van der Waals surface area contributed by atoms with Gasteiger partial charge >= 0.3 is 5.97 Å². The molecule has 49 heavy (non-hydrogen) atoms. The van der Waals surface area contributed by atoms with E-state index < -0.39 is 43.4 Å². The summed E-state index contributed by atoms with van der Waals surface area (Å²) < 4.78 is 22.6. The highest BCUT2D eigenvalue weighted by Crippen LogP contribution is 2.22. The number of carbonyl (C=O) groups is 1. The zero-order valence-corrected chi connectivity index (χ0v) is 30.7. The highest BCUT2D eigenvalue weighted by Gasteiger charge is 2.44. The zero-order valence-electron chi connectivity index (χ0n) is 30.7. The summed E-state index contributed by atoms with van der Waals surface area (Å²) in [6.45, 7) is 4.33. The van der Waals surface area contributed by atoms with Crippen LogP contribution in [0, 0.1) is 0 Å². The summed E-state index contributed by atoms with van der Waals surface area (Å²) in [5, 5.41) is 39.8. The topological polar surface area (TPSA) is 135 Å². The number of ether oxygens (including phenoxy) is 4. The summed E-state index contributed by atoms with van der Waals surface area (Å²) in [5.41, 5.74) is 0. The fourth-order valence-electron chi connectivity index (χ4n) is 5.48. The molecule has 1 aliphatic rings. The molecule has 0 aliphatic carbocycles. The Morgan fingerprint density at radius 2 is 1.24 bits per heavy atom. The number of unbranched alkanes of at least 4 members (excludes halogenated alkanes) is 12. The minimum absolute atomic E-state index is 0.119. The maximum atomic E-state index is 12.5. The van der Waals surface area contributed by atoms with Gasteiger partial charge in [0.25, 0.3) is 0 Å². The average molecular weight is 695 g/mol. The lowest BCUT2D eigenvalue weighted by molar-refractivity contribution is -0.305. The monoisotopic (exact) mass is 695 g/mol. The van der Waals surface area contributed by atoms with Gasteiger partial charge in [-0.1, -0.05) is 127 Å². The normalized spacial score (nSPS) is 22.3. The minimum atomic E-state index is -1.54. The molecule has 284 valence electrons. The first-order valence-electron chi connectivity index (χ1n) is 19.2. The Morgan fingerprint density at radius 3 is 1.88 bits per heavy atom. The minimum Gasteiger partial charge on any atom is -0.457 e. The van der Waals surface area contributed by atoms with Gasteiger partial charge in [-0.2, -0.15) is 0 Å². The SMILES string of the molecule is CC/C=C\C/C=C\C/C=C\C/C=C\CCCCCCCCCOCC(COC1OC(CO)C(O)C(O)C1O)OC(=O)CCCCCCCC. The van der Waals surface area contributed by atoms with E-state index in [1.165, 1.54) is 44.9 Å². The van der Waals surface area contributed by atoms with E-state index in [-0.39, 0.29) is 19.2 Å². The molecule has 4 N–H and O–H groups in total. The molecule has 0 aromatic rings. The van der Waals surface area contributed by atoms with Crippen molar-refractivity contribution in [3.05, 3.63) is 48.6 Å². The predicted octanol–water partition coefficient (Wildman–Crippen LogP) is 7.41. The summed E-state index contributed by atoms with van der Waals surface area (Å²) in [6, 6.07) is 0. The number of hydrogen-bond donors (Lipinski definition) is 4. The van der Waals surface area contributed by atoms with Crippen LogP contribution in [0.25, 0.3) is 0 Å². The molecular weight excluding hydrogens is 624 g/mol. The lowest BCUT2D eigenvalue weighted by Crippen LogP contribution is -2.59. The molecule has 0 bridgehead atoms. The summed E-state index contributed by atoms with van der Waals surface area (Å²) in [5.74, 6) is -0.330. The second-order valence-corrected chi connectivity index (χ2v) is 13.0. The van der Waals surface area contributed by atoms with Gasteiger partial charge < -0.3 is 39.4 Å². The lowest BCUT2D eigenvalue weighted by atomic mass is 9.99. The van der Waals surface area contributed by atoms with Crippen LogP contribution in [0.5, 0.6) is 0 Å². The van der Waals surface area contributed by atoms with Crippen molar-refractivity contribution >= 4 is 5.97 Å². The van der Waals surface area contributed by atoms with E-state index in [4.69, 9.17) is 18.9 Å². The maximum Gasteiger partial charge on any atom is 0.306 e. The van der Waals surface area contributed by atoms with E-state index in [2.05, 4.69) is 62.5 Å². The quantitative estimate of drug-likeness (QED) is 0.0333. The number of esters is 1.